The van der Waals surface area contributed by atoms with E-state index >= 15 is 0 Å². The minimum Gasteiger partial charge on any atom is -0.252 e. The van der Waals surface area contributed by atoms with Gasteiger partial charge in [-0.25, -0.2) is 9.29 Å². The van der Waals surface area contributed by atoms with Crippen LogP contribution in [0.4, 0.5) is 19.0 Å². The fraction of sp³-hybridized carbons (Fsp3) is 0.375. The fourth-order valence-corrected chi connectivity index (χ4v) is 2.65. The molecule has 0 aliphatic carbocycles. The summed E-state index contributed by atoms with van der Waals surface area (Å²) in [6.45, 7) is -0.220. The van der Waals surface area contributed by atoms with Gasteiger partial charge in [-0.05, 0) is 12.1 Å². The van der Waals surface area contributed by atoms with Crippen LogP contribution in [0.3, 0.4) is 0 Å². The number of hydrogen-bond acceptors (Lipinski definition) is 4. The van der Waals surface area contributed by atoms with Gasteiger partial charge in [-0.3, -0.25) is 4.18 Å². The van der Waals surface area contributed by atoms with Crippen LogP contribution in [-0.2, 0) is 20.7 Å². The predicted octanol–water partition coefficient (Wildman–Crippen LogP) is 1.84. The van der Waals surface area contributed by atoms with E-state index in [1.54, 1.807) is 0 Å². The Morgan fingerprint density at radius 1 is 1.39 bits per heavy atom. The average Bonchev–Trinajstić information content (AvgIpc) is 2.57. The summed E-state index contributed by atoms with van der Waals surface area (Å²) in [7, 11) is -4.05. The van der Waals surface area contributed by atoms with Gasteiger partial charge in [0.2, 0.25) is 0 Å². The van der Waals surface area contributed by atoms with Crippen LogP contribution in [0.15, 0.2) is 12.1 Å². The number of aromatic nitrogens is 1. The molecule has 1 fully saturated rings. The van der Waals surface area contributed by atoms with Crippen molar-refractivity contribution >= 4 is 27.7 Å². The number of halogens is 4. The number of hydrogen-bond donors (Lipinski definition) is 0. The molecule has 0 spiro atoms. The van der Waals surface area contributed by atoms with Crippen LogP contribution in [0, 0.1) is 0 Å². The molecule has 0 bridgehead atoms. The van der Waals surface area contributed by atoms with Crippen LogP contribution in [0.2, 0.25) is 5.02 Å². The van der Waals surface area contributed by atoms with Crippen LogP contribution in [0.1, 0.15) is 5.69 Å². The lowest BCUT2D eigenvalue weighted by atomic mass is 10.3. The first-order valence-electron chi connectivity index (χ1n) is 4.62. The first-order chi connectivity index (χ1) is 8.22. The van der Waals surface area contributed by atoms with Gasteiger partial charge in [0.15, 0.2) is 5.69 Å². The molecular weight excluding hydrogens is 297 g/mol. The summed E-state index contributed by atoms with van der Waals surface area (Å²) in [5, 5.41) is -0.594. The van der Waals surface area contributed by atoms with Gasteiger partial charge in [0.25, 0.3) is 0 Å². The summed E-state index contributed by atoms with van der Waals surface area (Å²) in [4.78, 5) is 3.23. The molecule has 1 aromatic heterocycles. The Bertz CT molecular complexity index is 575. The molecule has 0 unspecified atom stereocenters. The lowest BCUT2D eigenvalue weighted by molar-refractivity contribution is -0.141. The third kappa shape index (κ3) is 2.38. The minimum atomic E-state index is -4.75. The molecule has 0 amide bonds. The number of alkyl halides is 3. The van der Waals surface area contributed by atoms with E-state index in [2.05, 4.69) is 9.17 Å². The van der Waals surface area contributed by atoms with Crippen molar-refractivity contribution in [2.75, 3.05) is 17.5 Å². The first kappa shape index (κ1) is 13.4. The Morgan fingerprint density at radius 2 is 2.06 bits per heavy atom. The maximum atomic E-state index is 12.6. The van der Waals surface area contributed by atoms with Crippen LogP contribution in [-0.4, -0.2) is 26.6 Å². The smallest absolute Gasteiger partial charge is 0.252 e. The summed E-state index contributed by atoms with van der Waals surface area (Å²) >= 11 is 5.38. The van der Waals surface area contributed by atoms with Crippen molar-refractivity contribution in [3.8, 4) is 0 Å². The molecule has 0 saturated carbocycles. The Kier molecular flexibility index (Phi) is 3.16. The van der Waals surface area contributed by atoms with Crippen molar-refractivity contribution in [2.24, 2.45) is 0 Å². The standard InChI is InChI=1S/C8H6ClF3N2O3S/c9-5-1-2-6(13-7(5)8(10,11)12)14-3-4-17-18(14,15)16/h1-2H,3-4H2. The lowest BCUT2D eigenvalue weighted by Gasteiger charge is -2.16. The maximum absolute atomic E-state index is 12.6. The van der Waals surface area contributed by atoms with Crippen molar-refractivity contribution in [1.82, 2.24) is 4.98 Å². The zero-order valence-electron chi connectivity index (χ0n) is 8.61. The second-order valence-electron chi connectivity index (χ2n) is 3.35. The Labute approximate surface area is 105 Å². The SMILES string of the molecule is O=S1(=O)OCCN1c1ccc(Cl)c(C(F)(F)F)n1. The van der Waals surface area contributed by atoms with Crippen LogP contribution in [0.25, 0.3) is 0 Å². The summed E-state index contributed by atoms with van der Waals surface area (Å²) in [5.74, 6) is -0.371. The Balaban J connectivity index is 2.48. The second kappa shape index (κ2) is 4.25. The summed E-state index contributed by atoms with van der Waals surface area (Å²) in [5.41, 5.74) is -1.33. The maximum Gasteiger partial charge on any atom is 0.434 e. The van der Waals surface area contributed by atoms with Crippen molar-refractivity contribution in [3.05, 3.63) is 22.8 Å². The van der Waals surface area contributed by atoms with Gasteiger partial charge < -0.3 is 0 Å². The molecule has 0 N–H and O–H groups in total. The first-order valence-corrected chi connectivity index (χ1v) is 6.37. The van der Waals surface area contributed by atoms with E-state index in [9.17, 15) is 21.6 Å². The van der Waals surface area contributed by atoms with E-state index in [0.717, 1.165) is 12.1 Å². The second-order valence-corrected chi connectivity index (χ2v) is 5.29. The van der Waals surface area contributed by atoms with E-state index in [1.807, 2.05) is 0 Å². The van der Waals surface area contributed by atoms with Gasteiger partial charge in [-0.1, -0.05) is 11.6 Å². The quantitative estimate of drug-likeness (QED) is 0.794. The van der Waals surface area contributed by atoms with Crippen LogP contribution < -0.4 is 4.31 Å². The lowest BCUT2D eigenvalue weighted by Crippen LogP contribution is -2.26. The molecule has 1 aromatic rings. The normalized spacial score (nSPS) is 19.2. The molecule has 2 rings (SSSR count). The van der Waals surface area contributed by atoms with E-state index in [-0.39, 0.29) is 19.0 Å². The van der Waals surface area contributed by atoms with Gasteiger partial charge in [0.05, 0.1) is 18.2 Å². The summed E-state index contributed by atoms with van der Waals surface area (Å²) in [6, 6.07) is 2.03. The van der Waals surface area contributed by atoms with Crippen LogP contribution in [0.5, 0.6) is 0 Å². The van der Waals surface area contributed by atoms with Gasteiger partial charge >= 0.3 is 16.5 Å². The zero-order chi connectivity index (χ0) is 13.6. The van der Waals surface area contributed by atoms with Crippen molar-refractivity contribution in [3.63, 3.8) is 0 Å². The Morgan fingerprint density at radius 3 is 2.56 bits per heavy atom. The molecule has 0 aromatic carbocycles. The fourth-order valence-electron chi connectivity index (χ4n) is 1.40. The van der Waals surface area contributed by atoms with Crippen LogP contribution >= 0.6 is 11.6 Å². The Hall–Kier alpha value is -1.06. The van der Waals surface area contributed by atoms with E-state index < -0.39 is 27.2 Å². The van der Waals surface area contributed by atoms with Gasteiger partial charge in [-0.15, -0.1) is 0 Å². The third-order valence-electron chi connectivity index (χ3n) is 2.15. The average molecular weight is 303 g/mol. The molecule has 1 aliphatic heterocycles. The summed E-state index contributed by atoms with van der Waals surface area (Å²) < 4.78 is 65.5. The highest BCUT2D eigenvalue weighted by atomic mass is 35.5. The molecule has 1 saturated heterocycles. The highest BCUT2D eigenvalue weighted by molar-refractivity contribution is 7.88. The van der Waals surface area contributed by atoms with E-state index in [0.29, 0.717) is 4.31 Å². The van der Waals surface area contributed by atoms with E-state index in [1.165, 1.54) is 0 Å². The van der Waals surface area contributed by atoms with Crippen molar-refractivity contribution < 1.29 is 25.8 Å². The number of anilines is 1. The zero-order valence-corrected chi connectivity index (χ0v) is 10.2. The molecule has 2 heterocycles. The molecule has 18 heavy (non-hydrogen) atoms. The van der Waals surface area contributed by atoms with Crippen molar-refractivity contribution in [2.45, 2.75) is 6.18 Å². The number of nitrogens with zero attached hydrogens (tertiary/aromatic N) is 2. The monoisotopic (exact) mass is 302 g/mol. The molecular formula is C8H6ClF3N2O3S. The third-order valence-corrected chi connectivity index (χ3v) is 3.83. The highest BCUT2D eigenvalue weighted by Gasteiger charge is 2.38. The summed E-state index contributed by atoms with van der Waals surface area (Å²) in [6.07, 6.45) is -4.75. The molecule has 10 heteroatoms. The van der Waals surface area contributed by atoms with Gasteiger partial charge in [-0.2, -0.15) is 21.6 Å². The molecule has 1 aliphatic rings. The highest BCUT2D eigenvalue weighted by Crippen LogP contribution is 2.35. The largest absolute Gasteiger partial charge is 0.434 e. The minimum absolute atomic E-state index is 0.0890. The van der Waals surface area contributed by atoms with E-state index in [4.69, 9.17) is 11.6 Å². The number of rotatable bonds is 1. The molecule has 100 valence electrons. The number of pyridine rings is 1. The topological polar surface area (TPSA) is 59.5 Å². The van der Waals surface area contributed by atoms with Gasteiger partial charge in [0.1, 0.15) is 5.82 Å². The predicted molar refractivity (Wildman–Crippen MR) is 56.5 cm³/mol. The van der Waals surface area contributed by atoms with Gasteiger partial charge in [0, 0.05) is 0 Å². The molecule has 5 nitrogen and oxygen atoms in total. The molecule has 0 radical (unpaired) electrons. The molecule has 0 atom stereocenters. The van der Waals surface area contributed by atoms with Crippen molar-refractivity contribution in [1.29, 1.82) is 0 Å².